The summed E-state index contributed by atoms with van der Waals surface area (Å²) in [6.07, 6.45) is 1.02. The number of rotatable bonds is 4. The summed E-state index contributed by atoms with van der Waals surface area (Å²) in [6, 6.07) is 3.64. The Morgan fingerprint density at radius 1 is 1.19 bits per heavy atom. The van der Waals surface area contributed by atoms with E-state index in [2.05, 4.69) is 0 Å². The van der Waals surface area contributed by atoms with Crippen molar-refractivity contribution in [2.45, 2.75) is 15.8 Å². The summed E-state index contributed by atoms with van der Waals surface area (Å²) in [5.41, 5.74) is 0. The second-order valence-electron chi connectivity index (χ2n) is 4.49. The largest absolute Gasteiger partial charge is 0.480 e. The van der Waals surface area contributed by atoms with Crippen molar-refractivity contribution in [2.24, 2.45) is 0 Å². The van der Waals surface area contributed by atoms with Crippen molar-refractivity contribution < 1.29 is 26.7 Å². The van der Waals surface area contributed by atoms with Gasteiger partial charge in [0.05, 0.1) is 15.7 Å². The van der Waals surface area contributed by atoms with Gasteiger partial charge in [-0.2, -0.15) is 4.31 Å². The minimum Gasteiger partial charge on any atom is -0.480 e. The van der Waals surface area contributed by atoms with Gasteiger partial charge in [0.2, 0.25) is 10.0 Å². The predicted molar refractivity (Wildman–Crippen MR) is 77.3 cm³/mol. The Labute approximate surface area is 126 Å². The topological polar surface area (TPSA) is 109 Å². The van der Waals surface area contributed by atoms with Crippen LogP contribution in [0.25, 0.3) is 0 Å². The highest BCUT2D eigenvalue weighted by Crippen LogP contribution is 2.28. The lowest BCUT2D eigenvalue weighted by Crippen LogP contribution is -2.41. The van der Waals surface area contributed by atoms with Crippen molar-refractivity contribution in [1.82, 2.24) is 4.31 Å². The van der Waals surface area contributed by atoms with Gasteiger partial charge in [-0.25, -0.2) is 16.8 Å². The van der Waals surface area contributed by atoms with Crippen LogP contribution in [-0.4, -0.2) is 56.1 Å². The van der Waals surface area contributed by atoms with Gasteiger partial charge >= 0.3 is 5.97 Å². The molecule has 21 heavy (non-hydrogen) atoms. The molecule has 0 amide bonds. The molecule has 1 aliphatic heterocycles. The maximum atomic E-state index is 12.4. The summed E-state index contributed by atoms with van der Waals surface area (Å²) in [7, 11) is -7.37. The lowest BCUT2D eigenvalue weighted by Gasteiger charge is -2.20. The summed E-state index contributed by atoms with van der Waals surface area (Å²) in [6.45, 7) is 0. The van der Waals surface area contributed by atoms with Crippen molar-refractivity contribution >= 4 is 37.6 Å². The molecule has 1 heterocycles. The summed E-state index contributed by atoms with van der Waals surface area (Å²) in [5.74, 6) is -0.945. The number of hydrogen-bond donors (Lipinski definition) is 1. The molecule has 0 aromatic heterocycles. The van der Waals surface area contributed by atoms with Gasteiger partial charge in [0.25, 0.3) is 0 Å². The van der Waals surface area contributed by atoms with E-state index in [1.807, 2.05) is 0 Å². The van der Waals surface area contributed by atoms with E-state index in [1.165, 1.54) is 36.0 Å². The molecule has 0 bridgehead atoms. The number of nitrogens with zero attached hydrogens (tertiary/aromatic N) is 1. The highest BCUT2D eigenvalue weighted by atomic mass is 32.2. The fraction of sp³-hybridized carbons (Fsp3) is 0.364. The maximum Gasteiger partial charge on any atom is 0.322 e. The average Bonchev–Trinajstić information content (AvgIpc) is 2.88. The predicted octanol–water partition coefficient (Wildman–Crippen LogP) is 0.238. The van der Waals surface area contributed by atoms with Crippen LogP contribution in [0.15, 0.2) is 34.1 Å². The molecule has 1 aliphatic rings. The Hall–Kier alpha value is -1.10. The van der Waals surface area contributed by atoms with Gasteiger partial charge in [-0.15, -0.1) is 11.8 Å². The third-order valence-electron chi connectivity index (χ3n) is 2.99. The van der Waals surface area contributed by atoms with Gasteiger partial charge in [0, 0.05) is 12.0 Å². The van der Waals surface area contributed by atoms with Gasteiger partial charge in [-0.1, -0.05) is 0 Å². The van der Waals surface area contributed by atoms with Crippen LogP contribution >= 0.6 is 11.8 Å². The standard InChI is InChI=1S/C11H13NO6S3/c1-20(15,16)8-2-4-9(5-3-8)21(17,18)12-7-19-6-10(12)11(13)14/h2-5,10H,6-7H2,1H3,(H,13,14). The normalized spacial score (nSPS) is 20.5. The van der Waals surface area contributed by atoms with E-state index in [0.29, 0.717) is 0 Å². The number of sulfone groups is 1. The van der Waals surface area contributed by atoms with Crippen LogP contribution in [0.5, 0.6) is 0 Å². The van der Waals surface area contributed by atoms with Crippen LogP contribution in [0.1, 0.15) is 0 Å². The zero-order valence-corrected chi connectivity index (χ0v) is 13.4. The Kier molecular flexibility index (Phi) is 4.34. The molecule has 0 radical (unpaired) electrons. The molecule has 0 spiro atoms. The number of benzene rings is 1. The molecular weight excluding hydrogens is 338 g/mol. The molecule has 10 heteroatoms. The zero-order valence-electron chi connectivity index (χ0n) is 11.0. The minimum atomic E-state index is -3.96. The fourth-order valence-electron chi connectivity index (χ4n) is 1.85. The van der Waals surface area contributed by atoms with Crippen molar-refractivity contribution in [3.8, 4) is 0 Å². The molecule has 0 aliphatic carbocycles. The Morgan fingerprint density at radius 2 is 1.71 bits per heavy atom. The molecule has 1 N–H and O–H groups in total. The number of carboxylic acid groups (broad SMARTS) is 1. The smallest absolute Gasteiger partial charge is 0.322 e. The van der Waals surface area contributed by atoms with E-state index >= 15 is 0 Å². The molecule has 2 rings (SSSR count). The average molecular weight is 351 g/mol. The molecule has 7 nitrogen and oxygen atoms in total. The summed E-state index contributed by atoms with van der Waals surface area (Å²) < 4.78 is 48.4. The van der Waals surface area contributed by atoms with Gasteiger partial charge < -0.3 is 5.11 Å². The SMILES string of the molecule is CS(=O)(=O)c1ccc(S(=O)(=O)N2CSCC2C(=O)O)cc1. The molecule has 1 fully saturated rings. The van der Waals surface area contributed by atoms with E-state index in [9.17, 15) is 21.6 Å². The first-order chi connectivity index (χ1) is 9.64. The Morgan fingerprint density at radius 3 is 2.19 bits per heavy atom. The number of carbonyl (C=O) groups is 1. The molecule has 116 valence electrons. The number of aliphatic carboxylic acids is 1. The van der Waals surface area contributed by atoms with E-state index in [1.54, 1.807) is 0 Å². The van der Waals surface area contributed by atoms with Crippen LogP contribution in [-0.2, 0) is 24.7 Å². The summed E-state index contributed by atoms with van der Waals surface area (Å²) >= 11 is 1.22. The highest BCUT2D eigenvalue weighted by Gasteiger charge is 2.40. The Balaban J connectivity index is 2.38. The van der Waals surface area contributed by atoms with E-state index < -0.39 is 31.9 Å². The maximum absolute atomic E-state index is 12.4. The fourth-order valence-corrected chi connectivity index (χ4v) is 5.62. The van der Waals surface area contributed by atoms with Gasteiger partial charge in [-0.05, 0) is 24.3 Å². The second kappa shape index (κ2) is 5.59. The first kappa shape index (κ1) is 16.3. The van der Waals surface area contributed by atoms with Crippen LogP contribution in [0, 0.1) is 0 Å². The monoisotopic (exact) mass is 351 g/mol. The van der Waals surface area contributed by atoms with Crippen molar-refractivity contribution in [3.05, 3.63) is 24.3 Å². The summed E-state index contributed by atoms with van der Waals surface area (Å²) in [5, 5.41) is 9.05. The molecular formula is C11H13NO6S3. The van der Waals surface area contributed by atoms with Crippen molar-refractivity contribution in [2.75, 3.05) is 17.9 Å². The van der Waals surface area contributed by atoms with E-state index in [0.717, 1.165) is 10.6 Å². The van der Waals surface area contributed by atoms with Crippen LogP contribution in [0.2, 0.25) is 0 Å². The van der Waals surface area contributed by atoms with Gasteiger partial charge in [0.15, 0.2) is 9.84 Å². The number of sulfonamides is 1. The van der Waals surface area contributed by atoms with Crippen molar-refractivity contribution in [1.29, 1.82) is 0 Å². The third kappa shape index (κ3) is 3.23. The van der Waals surface area contributed by atoms with E-state index in [4.69, 9.17) is 5.11 Å². The van der Waals surface area contributed by atoms with Crippen molar-refractivity contribution in [3.63, 3.8) is 0 Å². The third-order valence-corrected chi connectivity index (χ3v) is 7.16. The van der Waals surface area contributed by atoms with Gasteiger partial charge in [0.1, 0.15) is 6.04 Å². The molecule has 1 aromatic rings. The number of thioether (sulfide) groups is 1. The van der Waals surface area contributed by atoms with E-state index in [-0.39, 0.29) is 21.4 Å². The molecule has 0 saturated carbocycles. The van der Waals surface area contributed by atoms with Gasteiger partial charge in [-0.3, -0.25) is 4.79 Å². The molecule has 1 atom stereocenters. The lowest BCUT2D eigenvalue weighted by atomic mass is 10.4. The number of carboxylic acids is 1. The lowest BCUT2D eigenvalue weighted by molar-refractivity contribution is -0.140. The number of hydrogen-bond acceptors (Lipinski definition) is 6. The Bertz CT molecular complexity index is 754. The molecule has 1 saturated heterocycles. The molecule has 1 aromatic carbocycles. The van der Waals surface area contributed by atoms with Crippen LogP contribution in [0.4, 0.5) is 0 Å². The minimum absolute atomic E-state index is 0.00651. The first-order valence-corrected chi connectivity index (χ1v) is 10.2. The zero-order chi connectivity index (χ0) is 15.8. The highest BCUT2D eigenvalue weighted by molar-refractivity contribution is 8.00. The quantitative estimate of drug-likeness (QED) is 0.827. The first-order valence-electron chi connectivity index (χ1n) is 5.76. The van der Waals surface area contributed by atoms with Crippen LogP contribution < -0.4 is 0 Å². The van der Waals surface area contributed by atoms with Crippen LogP contribution in [0.3, 0.4) is 0 Å². The second-order valence-corrected chi connectivity index (χ2v) is 9.40. The summed E-state index contributed by atoms with van der Waals surface area (Å²) in [4.78, 5) is 11.0. The molecule has 1 unspecified atom stereocenters.